The molecule has 2 rings (SSSR count). The van der Waals surface area contributed by atoms with E-state index < -0.39 is 26.6 Å². The van der Waals surface area contributed by atoms with E-state index in [1.165, 1.54) is 4.31 Å². The fourth-order valence-electron chi connectivity index (χ4n) is 2.34. The molecule has 0 aromatic heterocycles. The lowest BCUT2D eigenvalue weighted by Gasteiger charge is -2.31. The minimum Gasteiger partial charge on any atom is -0.330 e. The maximum absolute atomic E-state index is 13.8. The molecule has 0 spiro atoms. The maximum atomic E-state index is 13.8. The SMILES string of the molecule is NCC1CCCN(S(=O)(=O)c2c(F)cc(F)cc2Br)C1. The lowest BCUT2D eigenvalue weighted by molar-refractivity contribution is 0.270. The summed E-state index contributed by atoms with van der Waals surface area (Å²) in [6, 6.07) is 1.52. The number of sulfonamides is 1. The Morgan fingerprint density at radius 1 is 1.40 bits per heavy atom. The van der Waals surface area contributed by atoms with Crippen LogP contribution < -0.4 is 5.73 Å². The number of halogens is 3. The summed E-state index contributed by atoms with van der Waals surface area (Å²) in [7, 11) is -3.99. The highest BCUT2D eigenvalue weighted by atomic mass is 79.9. The molecule has 1 fully saturated rings. The minimum absolute atomic E-state index is 0.0702. The van der Waals surface area contributed by atoms with Gasteiger partial charge < -0.3 is 5.73 Å². The average Bonchev–Trinajstić information content (AvgIpc) is 2.37. The molecule has 1 saturated heterocycles. The van der Waals surface area contributed by atoms with Gasteiger partial charge in [0.2, 0.25) is 10.0 Å². The van der Waals surface area contributed by atoms with Crippen molar-refractivity contribution in [1.82, 2.24) is 4.31 Å². The van der Waals surface area contributed by atoms with Crippen molar-refractivity contribution in [3.8, 4) is 0 Å². The van der Waals surface area contributed by atoms with Crippen molar-refractivity contribution in [2.24, 2.45) is 11.7 Å². The molecule has 8 heteroatoms. The molecule has 1 aliphatic heterocycles. The zero-order valence-electron chi connectivity index (χ0n) is 10.7. The van der Waals surface area contributed by atoms with Gasteiger partial charge in [-0.1, -0.05) is 0 Å². The molecule has 1 atom stereocenters. The van der Waals surface area contributed by atoms with Gasteiger partial charge in [0, 0.05) is 23.6 Å². The van der Waals surface area contributed by atoms with Crippen LogP contribution in [0.2, 0.25) is 0 Å². The van der Waals surface area contributed by atoms with E-state index in [-0.39, 0.29) is 16.9 Å². The second-order valence-electron chi connectivity index (χ2n) is 4.81. The Labute approximate surface area is 125 Å². The lowest BCUT2D eigenvalue weighted by Crippen LogP contribution is -2.42. The topological polar surface area (TPSA) is 63.4 Å². The molecule has 1 heterocycles. The van der Waals surface area contributed by atoms with E-state index in [9.17, 15) is 17.2 Å². The van der Waals surface area contributed by atoms with E-state index in [4.69, 9.17) is 5.73 Å². The molecule has 1 aromatic carbocycles. The van der Waals surface area contributed by atoms with Crippen molar-refractivity contribution in [2.75, 3.05) is 19.6 Å². The molecular formula is C12H15BrF2N2O2S. The van der Waals surface area contributed by atoms with Gasteiger partial charge in [-0.3, -0.25) is 0 Å². The van der Waals surface area contributed by atoms with Gasteiger partial charge in [0.15, 0.2) is 0 Å². The largest absolute Gasteiger partial charge is 0.330 e. The van der Waals surface area contributed by atoms with Crippen LogP contribution in [0.4, 0.5) is 8.78 Å². The molecule has 1 unspecified atom stereocenters. The van der Waals surface area contributed by atoms with Gasteiger partial charge in [-0.15, -0.1) is 0 Å². The van der Waals surface area contributed by atoms with Crippen LogP contribution in [-0.4, -0.2) is 32.4 Å². The summed E-state index contributed by atoms with van der Waals surface area (Å²) in [5, 5.41) is 0. The van der Waals surface area contributed by atoms with Crippen molar-refractivity contribution in [1.29, 1.82) is 0 Å². The van der Waals surface area contributed by atoms with Crippen LogP contribution in [0.3, 0.4) is 0 Å². The third-order valence-electron chi connectivity index (χ3n) is 3.38. The first-order chi connectivity index (χ1) is 9.36. The fourth-order valence-corrected chi connectivity index (χ4v) is 5.01. The summed E-state index contributed by atoms with van der Waals surface area (Å²) in [4.78, 5) is -0.517. The van der Waals surface area contributed by atoms with Gasteiger partial charge >= 0.3 is 0 Å². The van der Waals surface area contributed by atoms with E-state index in [1.807, 2.05) is 0 Å². The Morgan fingerprint density at radius 2 is 2.10 bits per heavy atom. The second-order valence-corrected chi connectivity index (χ2v) is 7.53. The van der Waals surface area contributed by atoms with Crippen LogP contribution in [0.15, 0.2) is 21.5 Å². The predicted molar refractivity (Wildman–Crippen MR) is 74.6 cm³/mol. The predicted octanol–water partition coefficient (Wildman–Crippen LogP) is 2.09. The van der Waals surface area contributed by atoms with Crippen LogP contribution in [0, 0.1) is 17.6 Å². The third kappa shape index (κ3) is 3.03. The molecule has 0 aliphatic carbocycles. The quantitative estimate of drug-likeness (QED) is 0.888. The standard InChI is InChI=1S/C12H15BrF2N2O2S/c13-10-4-9(14)5-11(15)12(10)20(18,19)17-3-1-2-8(6-16)7-17/h4-5,8H,1-3,6-7,16H2. The number of hydrogen-bond donors (Lipinski definition) is 1. The number of rotatable bonds is 3. The summed E-state index contributed by atoms with van der Waals surface area (Å²) in [5.74, 6) is -1.85. The van der Waals surface area contributed by atoms with E-state index in [0.29, 0.717) is 25.6 Å². The van der Waals surface area contributed by atoms with Gasteiger partial charge in [0.25, 0.3) is 0 Å². The molecule has 0 radical (unpaired) electrons. The monoisotopic (exact) mass is 368 g/mol. The molecule has 1 aromatic rings. The Bertz CT molecular complexity index is 586. The number of nitrogens with zero attached hydrogens (tertiary/aromatic N) is 1. The van der Waals surface area contributed by atoms with E-state index >= 15 is 0 Å². The normalized spacial score (nSPS) is 21.1. The van der Waals surface area contributed by atoms with Crippen molar-refractivity contribution >= 4 is 26.0 Å². The highest BCUT2D eigenvalue weighted by Crippen LogP contribution is 2.31. The molecule has 0 saturated carbocycles. The number of piperidine rings is 1. The number of benzene rings is 1. The van der Waals surface area contributed by atoms with E-state index in [1.54, 1.807) is 0 Å². The van der Waals surface area contributed by atoms with Crippen molar-refractivity contribution < 1.29 is 17.2 Å². The average molecular weight is 369 g/mol. The van der Waals surface area contributed by atoms with Gasteiger partial charge in [0.1, 0.15) is 16.5 Å². The smallest absolute Gasteiger partial charge is 0.247 e. The molecule has 20 heavy (non-hydrogen) atoms. The first-order valence-electron chi connectivity index (χ1n) is 6.21. The first-order valence-corrected chi connectivity index (χ1v) is 8.44. The summed E-state index contributed by atoms with van der Waals surface area (Å²) in [6.45, 7) is 0.975. The zero-order valence-corrected chi connectivity index (χ0v) is 13.1. The molecule has 4 nitrogen and oxygen atoms in total. The van der Waals surface area contributed by atoms with E-state index in [0.717, 1.165) is 12.5 Å². The summed E-state index contributed by atoms with van der Waals surface area (Å²) in [6.07, 6.45) is 1.54. The van der Waals surface area contributed by atoms with Gasteiger partial charge in [-0.2, -0.15) is 4.31 Å². The minimum atomic E-state index is -3.99. The molecule has 0 bridgehead atoms. The lowest BCUT2D eigenvalue weighted by atomic mass is 10.0. The Morgan fingerprint density at radius 3 is 2.70 bits per heavy atom. The molecule has 112 valence electrons. The van der Waals surface area contributed by atoms with Gasteiger partial charge in [0.05, 0.1) is 0 Å². The fraction of sp³-hybridized carbons (Fsp3) is 0.500. The molecule has 1 aliphatic rings. The maximum Gasteiger partial charge on any atom is 0.247 e. The van der Waals surface area contributed by atoms with E-state index in [2.05, 4.69) is 15.9 Å². The summed E-state index contributed by atoms with van der Waals surface area (Å²) in [5.41, 5.74) is 5.57. The first kappa shape index (κ1) is 15.8. The number of hydrogen-bond acceptors (Lipinski definition) is 3. The van der Waals surface area contributed by atoms with Crippen LogP contribution in [0.25, 0.3) is 0 Å². The van der Waals surface area contributed by atoms with Crippen molar-refractivity contribution in [3.63, 3.8) is 0 Å². The zero-order chi connectivity index (χ0) is 14.9. The third-order valence-corrected chi connectivity index (χ3v) is 6.21. The van der Waals surface area contributed by atoms with Crippen molar-refractivity contribution in [2.45, 2.75) is 17.7 Å². The molecule has 0 amide bonds. The van der Waals surface area contributed by atoms with Gasteiger partial charge in [-0.25, -0.2) is 17.2 Å². The Kier molecular flexibility index (Phi) is 4.78. The van der Waals surface area contributed by atoms with Crippen LogP contribution >= 0.6 is 15.9 Å². The number of nitrogens with two attached hydrogens (primary N) is 1. The van der Waals surface area contributed by atoms with Gasteiger partial charge in [-0.05, 0) is 47.3 Å². The highest BCUT2D eigenvalue weighted by molar-refractivity contribution is 9.10. The van der Waals surface area contributed by atoms with Crippen LogP contribution in [0.5, 0.6) is 0 Å². The Balaban J connectivity index is 2.40. The summed E-state index contributed by atoms with van der Waals surface area (Å²) >= 11 is 2.92. The summed E-state index contributed by atoms with van der Waals surface area (Å²) < 4.78 is 53.0. The van der Waals surface area contributed by atoms with Crippen LogP contribution in [-0.2, 0) is 10.0 Å². The molecular weight excluding hydrogens is 354 g/mol. The molecule has 2 N–H and O–H groups in total. The van der Waals surface area contributed by atoms with Crippen LogP contribution in [0.1, 0.15) is 12.8 Å². The highest BCUT2D eigenvalue weighted by Gasteiger charge is 2.33. The second kappa shape index (κ2) is 6.05. The van der Waals surface area contributed by atoms with Crippen molar-refractivity contribution in [3.05, 3.63) is 28.2 Å². The Hall–Kier alpha value is -0.570.